The monoisotopic (exact) mass is 410 g/mol. The molecule has 130 valence electrons. The molecule has 1 aromatic heterocycles. The molecule has 0 fully saturated rings. The Balaban J connectivity index is -0.0000000174. The Labute approximate surface area is 162 Å². The Bertz CT molecular complexity index is 250. The van der Waals surface area contributed by atoms with E-state index in [1.807, 2.05) is 30.5 Å². The zero-order valence-electron chi connectivity index (χ0n) is 14.5. The SMILES string of the molecule is C[C](C)=[Zr].Cl.Cl.[C-]1=CC=CC1.[CH3-].[CH3-].[CH3-].[CH3-].[CH3-].[c-]1ccc[nH]1. The van der Waals surface area contributed by atoms with Crippen LogP contribution < -0.4 is 0 Å². The van der Waals surface area contributed by atoms with Gasteiger partial charge in [0, 0.05) is 0 Å². The van der Waals surface area contributed by atoms with E-state index >= 15 is 0 Å². The smallest absolute Gasteiger partial charge is 0.108 e. The summed E-state index contributed by atoms with van der Waals surface area (Å²) in [7, 11) is 0. The number of allylic oxidation sites excluding steroid dienone is 4. The molecular formula is C17H32Cl2NZr-7. The molecule has 2 rings (SSSR count). The van der Waals surface area contributed by atoms with Gasteiger partial charge >= 0.3 is 41.3 Å². The zero-order valence-corrected chi connectivity index (χ0v) is 18.6. The predicted molar refractivity (Wildman–Crippen MR) is 104 cm³/mol. The molecule has 0 aromatic carbocycles. The number of hydrogen-bond acceptors (Lipinski definition) is 0. The van der Waals surface area contributed by atoms with Crippen LogP contribution >= 0.6 is 24.8 Å². The molecule has 1 aromatic rings. The molecule has 1 N–H and O–H groups in total. The number of aromatic nitrogens is 1. The Morgan fingerprint density at radius 2 is 1.52 bits per heavy atom. The van der Waals surface area contributed by atoms with Crippen LogP contribution in [0.1, 0.15) is 20.3 Å². The maximum absolute atomic E-state index is 2.99. The number of aromatic amines is 1. The number of nitrogens with one attached hydrogen (secondary N) is 1. The van der Waals surface area contributed by atoms with Crippen LogP contribution in [0.15, 0.2) is 36.6 Å². The standard InChI is InChI=1S/C5H5.C4H4N.C3H6.5CH3.2ClH.Zr/c2*1-2-4-5-3-1;1-3-2;;;;;;;;/h1-3H,4H2;1-3,5H;1-2H3;5*1H3;2*1H;/q2*-1;;5*-1;;;. The van der Waals surface area contributed by atoms with Gasteiger partial charge in [0.2, 0.25) is 0 Å². The van der Waals surface area contributed by atoms with Crippen molar-refractivity contribution in [2.45, 2.75) is 20.3 Å². The topological polar surface area (TPSA) is 15.8 Å². The first-order chi connectivity index (χ1) is 6.73. The fraction of sp³-hybridized carbons (Fsp3) is 0.176. The van der Waals surface area contributed by atoms with E-state index < -0.39 is 0 Å². The third kappa shape index (κ3) is 64.6. The fourth-order valence-corrected chi connectivity index (χ4v) is 0.581. The molecule has 0 aliphatic heterocycles. The largest absolute Gasteiger partial charge is 0.484 e. The van der Waals surface area contributed by atoms with Crippen molar-refractivity contribution < 1.29 is 24.2 Å². The normalized spacial score (nSPS) is 7.29. The molecule has 0 atom stereocenters. The minimum Gasteiger partial charge on any atom is -0.484 e. The molecule has 4 heteroatoms. The Kier molecular flexibility index (Phi) is 101. The van der Waals surface area contributed by atoms with Crippen LogP contribution in [0.25, 0.3) is 0 Å². The summed E-state index contributed by atoms with van der Waals surface area (Å²) in [5.74, 6) is 0. The van der Waals surface area contributed by atoms with Crippen molar-refractivity contribution in [3.8, 4) is 0 Å². The Morgan fingerprint density at radius 3 is 1.62 bits per heavy atom. The minimum absolute atomic E-state index is 0. The second-order valence-corrected chi connectivity index (χ2v) is 5.28. The van der Waals surface area contributed by atoms with Crippen molar-refractivity contribution >= 4 is 28.0 Å². The van der Waals surface area contributed by atoms with Crippen LogP contribution in [-0.2, 0) is 24.2 Å². The second-order valence-electron chi connectivity index (χ2n) is 2.82. The second kappa shape index (κ2) is 42.7. The molecule has 0 amide bonds. The van der Waals surface area contributed by atoms with Gasteiger partial charge in [0.1, 0.15) is 0 Å². The molecule has 0 radical (unpaired) electrons. The van der Waals surface area contributed by atoms with Gasteiger partial charge in [0.25, 0.3) is 0 Å². The molecule has 1 heterocycles. The van der Waals surface area contributed by atoms with E-state index in [-0.39, 0.29) is 61.9 Å². The maximum atomic E-state index is 2.99. The number of rotatable bonds is 0. The van der Waals surface area contributed by atoms with Gasteiger partial charge in [0.05, 0.1) is 0 Å². The van der Waals surface area contributed by atoms with E-state index in [0.717, 1.165) is 6.42 Å². The molecule has 0 bridgehead atoms. The summed E-state index contributed by atoms with van der Waals surface area (Å²) in [5.41, 5.74) is 0. The summed E-state index contributed by atoms with van der Waals surface area (Å²) in [4.78, 5) is 2.74. The molecule has 0 saturated heterocycles. The van der Waals surface area contributed by atoms with Gasteiger partial charge in [-0.05, 0) is 0 Å². The first-order valence-electron chi connectivity index (χ1n) is 4.46. The van der Waals surface area contributed by atoms with Crippen LogP contribution in [-0.4, -0.2) is 8.19 Å². The molecule has 0 saturated carbocycles. The van der Waals surface area contributed by atoms with Crippen LogP contribution in [0.5, 0.6) is 0 Å². The van der Waals surface area contributed by atoms with E-state index in [0.29, 0.717) is 0 Å². The maximum Gasteiger partial charge on any atom is -0.108 e. The number of hydrogen-bond donors (Lipinski definition) is 1. The Hall–Kier alpha value is 0.0931. The van der Waals surface area contributed by atoms with Gasteiger partial charge < -0.3 is 42.1 Å². The summed E-state index contributed by atoms with van der Waals surface area (Å²) in [6.45, 7) is 4.25. The van der Waals surface area contributed by atoms with Crippen molar-refractivity contribution in [1.82, 2.24) is 4.98 Å². The minimum atomic E-state index is 0. The van der Waals surface area contributed by atoms with E-state index in [1.54, 1.807) is 24.2 Å². The van der Waals surface area contributed by atoms with E-state index in [2.05, 4.69) is 37.2 Å². The zero-order chi connectivity index (χ0) is 10.6. The van der Waals surface area contributed by atoms with Crippen molar-refractivity contribution in [2.24, 2.45) is 0 Å². The summed E-state index contributed by atoms with van der Waals surface area (Å²) in [6, 6.07) is 3.71. The number of halogens is 2. The summed E-state index contributed by atoms with van der Waals surface area (Å²) < 4.78 is 1.51. The summed E-state index contributed by atoms with van der Waals surface area (Å²) in [6.07, 6.45) is 14.6. The van der Waals surface area contributed by atoms with Crippen LogP contribution in [0.2, 0.25) is 0 Å². The van der Waals surface area contributed by atoms with Crippen LogP contribution in [0, 0.1) is 49.4 Å². The molecule has 21 heavy (non-hydrogen) atoms. The van der Waals surface area contributed by atoms with Gasteiger partial charge in [-0.15, -0.1) is 37.4 Å². The van der Waals surface area contributed by atoms with Crippen LogP contribution in [0.4, 0.5) is 0 Å². The van der Waals surface area contributed by atoms with Crippen molar-refractivity contribution in [3.05, 3.63) is 86.0 Å². The first-order valence-corrected chi connectivity index (χ1v) is 5.69. The fourth-order valence-electron chi connectivity index (χ4n) is 0.581. The van der Waals surface area contributed by atoms with E-state index in [4.69, 9.17) is 0 Å². The van der Waals surface area contributed by atoms with E-state index in [9.17, 15) is 0 Å². The summed E-state index contributed by atoms with van der Waals surface area (Å²) >= 11 is 1.55. The molecule has 1 aliphatic carbocycles. The van der Waals surface area contributed by atoms with Gasteiger partial charge in [-0.2, -0.15) is 24.4 Å². The van der Waals surface area contributed by atoms with Crippen molar-refractivity contribution in [2.75, 3.05) is 0 Å². The molecule has 0 spiro atoms. The van der Waals surface area contributed by atoms with Gasteiger partial charge in [-0.3, -0.25) is 6.08 Å². The molecule has 0 unspecified atom stereocenters. The summed E-state index contributed by atoms with van der Waals surface area (Å²) in [5, 5.41) is 0. The van der Waals surface area contributed by atoms with E-state index in [1.165, 1.54) is 3.21 Å². The first kappa shape index (κ1) is 49.7. The molecule has 1 aliphatic rings. The van der Waals surface area contributed by atoms with Gasteiger partial charge in [-0.25, -0.2) is 12.2 Å². The van der Waals surface area contributed by atoms with Crippen molar-refractivity contribution in [1.29, 1.82) is 0 Å². The van der Waals surface area contributed by atoms with Gasteiger partial charge in [-0.1, -0.05) is 0 Å². The quantitative estimate of drug-likeness (QED) is 0.506. The van der Waals surface area contributed by atoms with Gasteiger partial charge in [0.15, 0.2) is 0 Å². The predicted octanol–water partition coefficient (Wildman–Crippen LogP) is 5.96. The number of H-pyrrole nitrogens is 1. The third-order valence-electron chi connectivity index (χ3n) is 1.03. The molecule has 1 nitrogen and oxygen atoms in total. The van der Waals surface area contributed by atoms with Crippen molar-refractivity contribution in [3.63, 3.8) is 0 Å². The average Bonchev–Trinajstić information content (AvgIpc) is 2.83. The van der Waals surface area contributed by atoms with Crippen LogP contribution in [0.3, 0.4) is 0 Å². The Morgan fingerprint density at radius 1 is 1.05 bits per heavy atom. The average molecular weight is 413 g/mol. The molecular weight excluding hydrogens is 380 g/mol. The third-order valence-corrected chi connectivity index (χ3v) is 1.03.